The smallest absolute Gasteiger partial charge is 0.171 e. The Labute approximate surface area is 363 Å². The van der Waals surface area contributed by atoms with Crippen LogP contribution in [0.15, 0.2) is 106 Å². The number of aromatic nitrogens is 4. The van der Waals surface area contributed by atoms with Crippen molar-refractivity contribution in [3.8, 4) is 0 Å². The summed E-state index contributed by atoms with van der Waals surface area (Å²) >= 11 is 30.2. The predicted octanol–water partition coefficient (Wildman–Crippen LogP) is 10.0. The zero-order chi connectivity index (χ0) is 39.0. The van der Waals surface area contributed by atoms with E-state index in [1.54, 1.807) is 12.4 Å². The highest BCUT2D eigenvalue weighted by atomic mass is 79.9. The molecule has 2 aliphatic rings. The third kappa shape index (κ3) is 10.5. The van der Waals surface area contributed by atoms with Crippen molar-refractivity contribution >= 4 is 134 Å². The molecule has 0 amide bonds. The highest BCUT2D eigenvalue weighted by Crippen LogP contribution is 2.30. The summed E-state index contributed by atoms with van der Waals surface area (Å²) in [4.78, 5) is 4.60. The summed E-state index contributed by atoms with van der Waals surface area (Å²) in [6, 6.07) is 28.1. The van der Waals surface area contributed by atoms with Gasteiger partial charge >= 0.3 is 0 Å². The zero-order valence-electron chi connectivity index (χ0n) is 30.1. The molecule has 0 bridgehead atoms. The van der Waals surface area contributed by atoms with Gasteiger partial charge in [0.2, 0.25) is 0 Å². The van der Waals surface area contributed by atoms with Crippen LogP contribution in [-0.2, 0) is 0 Å². The Bertz CT molecular complexity index is 2340. The first-order valence-corrected chi connectivity index (χ1v) is 21.3. The average Bonchev–Trinajstić information content (AvgIpc) is 3.19. The summed E-state index contributed by atoms with van der Waals surface area (Å²) in [5, 5.41) is 37.3. The van der Waals surface area contributed by atoms with E-state index in [0.717, 1.165) is 105 Å². The molecule has 4 aromatic carbocycles. The second kappa shape index (κ2) is 19.0. The van der Waals surface area contributed by atoms with Gasteiger partial charge in [0, 0.05) is 79.5 Å². The van der Waals surface area contributed by atoms with Gasteiger partial charge in [0.05, 0.1) is 23.1 Å². The van der Waals surface area contributed by atoms with E-state index in [4.69, 9.17) is 47.6 Å². The van der Waals surface area contributed by atoms with E-state index in [9.17, 15) is 0 Å². The van der Waals surface area contributed by atoms with Crippen molar-refractivity contribution in [3.05, 3.63) is 116 Å². The van der Waals surface area contributed by atoms with Crippen LogP contribution in [0.4, 0.5) is 23.0 Å². The summed E-state index contributed by atoms with van der Waals surface area (Å²) in [7, 11) is 0. The molecule has 10 nitrogen and oxygen atoms in total. The number of fused-ring (bicyclic) bond motifs is 2. The fourth-order valence-corrected chi connectivity index (χ4v) is 8.49. The lowest BCUT2D eigenvalue weighted by Crippen LogP contribution is -2.46. The number of benzene rings is 4. The van der Waals surface area contributed by atoms with Crippen molar-refractivity contribution in [2.75, 3.05) is 46.6 Å². The second-order valence-electron chi connectivity index (χ2n) is 13.5. The largest absolute Gasteiger partial charge is 0.360 e. The lowest BCUT2D eigenvalue weighted by atomic mass is 10.0. The van der Waals surface area contributed by atoms with E-state index in [1.807, 2.05) is 60.7 Å². The van der Waals surface area contributed by atoms with Crippen molar-refractivity contribution < 1.29 is 0 Å². The first-order chi connectivity index (χ1) is 27.2. The summed E-state index contributed by atoms with van der Waals surface area (Å²) < 4.78 is 2.09. The molecule has 56 heavy (non-hydrogen) atoms. The van der Waals surface area contributed by atoms with E-state index >= 15 is 0 Å². The van der Waals surface area contributed by atoms with Gasteiger partial charge < -0.3 is 31.1 Å². The van der Waals surface area contributed by atoms with Gasteiger partial charge in [-0.05, 0) is 105 Å². The second-order valence-corrected chi connectivity index (χ2v) is 17.0. The molecule has 0 unspecified atom stereocenters. The van der Waals surface area contributed by atoms with Crippen LogP contribution in [0.3, 0.4) is 0 Å². The monoisotopic (exact) mass is 950 g/mol. The van der Waals surface area contributed by atoms with E-state index in [0.29, 0.717) is 32.4 Å². The number of thiocarbonyl (C=S) groups is 2. The topological polar surface area (TPSA) is 106 Å². The van der Waals surface area contributed by atoms with Gasteiger partial charge in [-0.25, -0.2) is 0 Å². The number of nitrogens with one attached hydrogen (secondary N) is 4. The van der Waals surface area contributed by atoms with Gasteiger partial charge in [0.25, 0.3) is 0 Å². The molecule has 4 N–H and O–H groups in total. The molecule has 8 rings (SSSR count). The number of rotatable bonds is 6. The summed E-state index contributed by atoms with van der Waals surface area (Å²) in [6.45, 7) is 3.59. The SMILES string of the molecule is S=C(Nc1cccc(Cl)c1)NC1CCN(c2nncc3ccc(Br)cc23)CC1.S=C(Nc1ccccc1Cl)NC1CCN(c2nncc3ccc(Br)cc23)CC1. The molecule has 16 heteroatoms. The van der Waals surface area contributed by atoms with Crippen LogP contribution in [0.1, 0.15) is 25.7 Å². The Morgan fingerprint density at radius 3 is 1.66 bits per heavy atom. The van der Waals surface area contributed by atoms with Gasteiger partial charge in [0.15, 0.2) is 21.9 Å². The molecule has 2 aromatic heterocycles. The maximum atomic E-state index is 6.18. The van der Waals surface area contributed by atoms with Gasteiger partial charge in [-0.3, -0.25) is 0 Å². The predicted molar refractivity (Wildman–Crippen MR) is 247 cm³/mol. The normalized spacial score (nSPS) is 14.9. The van der Waals surface area contributed by atoms with Crippen molar-refractivity contribution in [2.24, 2.45) is 0 Å². The molecular weight excluding hydrogens is 915 g/mol. The standard InChI is InChI=1S/2C20H19BrClN5S/c21-14-5-4-13-12-23-26-19(18(13)10-14)27-8-6-16(7-9-27)24-20(28)25-17-3-1-2-15(22)11-17;21-14-6-5-13-12-23-26-19(16(13)11-14)27-9-7-15(8-10-27)24-20(28)25-18-4-2-1-3-17(18)22/h1-5,10-12,16H,6-9H2,(H2,24,25,28);1-6,11-12,15H,7-10H2,(H2,24,25,28). The molecule has 0 spiro atoms. The third-order valence-electron chi connectivity index (χ3n) is 9.68. The highest BCUT2D eigenvalue weighted by Gasteiger charge is 2.24. The minimum Gasteiger partial charge on any atom is -0.360 e. The highest BCUT2D eigenvalue weighted by molar-refractivity contribution is 9.10. The Morgan fingerprint density at radius 1 is 0.625 bits per heavy atom. The van der Waals surface area contributed by atoms with E-state index in [2.05, 4.69) is 108 Å². The number of halogens is 4. The zero-order valence-corrected chi connectivity index (χ0v) is 36.4. The number of hydrogen-bond acceptors (Lipinski definition) is 8. The quantitative estimate of drug-likeness (QED) is 0.120. The number of piperidine rings is 2. The van der Waals surface area contributed by atoms with E-state index < -0.39 is 0 Å². The maximum absolute atomic E-state index is 6.18. The molecule has 0 saturated carbocycles. The lowest BCUT2D eigenvalue weighted by Gasteiger charge is -2.34. The molecule has 2 aliphatic heterocycles. The summed E-state index contributed by atoms with van der Waals surface area (Å²) in [6.07, 6.45) is 7.50. The first kappa shape index (κ1) is 40.3. The molecular formula is C40H38Br2Cl2N10S2. The molecule has 6 aromatic rings. The van der Waals surface area contributed by atoms with Crippen LogP contribution >= 0.6 is 79.5 Å². The number of anilines is 4. The number of para-hydroxylation sites is 1. The summed E-state index contributed by atoms with van der Waals surface area (Å²) in [5.74, 6) is 1.88. The molecule has 0 radical (unpaired) electrons. The lowest BCUT2D eigenvalue weighted by molar-refractivity contribution is 0.466. The fourth-order valence-electron chi connectivity index (χ4n) is 6.83. The molecule has 4 heterocycles. The Balaban J connectivity index is 0.000000172. The summed E-state index contributed by atoms with van der Waals surface area (Å²) in [5.41, 5.74) is 1.70. The molecule has 0 aliphatic carbocycles. The Hall–Kier alpha value is -3.92. The van der Waals surface area contributed by atoms with Crippen molar-refractivity contribution in [2.45, 2.75) is 37.8 Å². The van der Waals surface area contributed by atoms with Gasteiger partial charge in [0.1, 0.15) is 0 Å². The maximum Gasteiger partial charge on any atom is 0.171 e. The van der Waals surface area contributed by atoms with Gasteiger partial charge in [-0.1, -0.05) is 85.4 Å². The minimum atomic E-state index is 0.313. The number of nitrogens with zero attached hydrogens (tertiary/aromatic N) is 6. The molecule has 2 saturated heterocycles. The Morgan fingerprint density at radius 2 is 1.14 bits per heavy atom. The number of hydrogen-bond donors (Lipinski definition) is 4. The third-order valence-corrected chi connectivity index (χ3v) is 11.7. The van der Waals surface area contributed by atoms with E-state index in [1.165, 1.54) is 0 Å². The van der Waals surface area contributed by atoms with Crippen LogP contribution in [0, 0.1) is 0 Å². The first-order valence-electron chi connectivity index (χ1n) is 18.2. The van der Waals surface area contributed by atoms with Crippen LogP contribution < -0.4 is 31.1 Å². The van der Waals surface area contributed by atoms with Crippen molar-refractivity contribution in [1.29, 1.82) is 0 Å². The van der Waals surface area contributed by atoms with E-state index in [-0.39, 0.29) is 0 Å². The van der Waals surface area contributed by atoms with Crippen LogP contribution in [0.5, 0.6) is 0 Å². The fraction of sp³-hybridized carbons (Fsp3) is 0.250. The van der Waals surface area contributed by atoms with Gasteiger partial charge in [-0.2, -0.15) is 10.2 Å². The molecule has 0 atom stereocenters. The van der Waals surface area contributed by atoms with Crippen LogP contribution in [-0.4, -0.2) is 68.9 Å². The molecule has 288 valence electrons. The Kier molecular flexibility index (Phi) is 13.7. The average molecular weight is 954 g/mol. The molecule has 2 fully saturated rings. The van der Waals surface area contributed by atoms with Crippen molar-refractivity contribution in [3.63, 3.8) is 0 Å². The minimum absolute atomic E-state index is 0.313. The van der Waals surface area contributed by atoms with Crippen molar-refractivity contribution in [1.82, 2.24) is 31.0 Å². The van der Waals surface area contributed by atoms with Crippen LogP contribution in [0.2, 0.25) is 10.0 Å². The van der Waals surface area contributed by atoms with Crippen LogP contribution in [0.25, 0.3) is 21.5 Å². The van der Waals surface area contributed by atoms with Gasteiger partial charge in [-0.15, -0.1) is 10.2 Å².